The van der Waals surface area contributed by atoms with E-state index in [1.165, 1.54) is 11.1 Å². The zero-order valence-corrected chi connectivity index (χ0v) is 10.2. The maximum atomic E-state index is 3.54. The van der Waals surface area contributed by atoms with Gasteiger partial charge in [0.2, 0.25) is 0 Å². The zero-order valence-electron chi connectivity index (χ0n) is 10.2. The average Bonchev–Trinajstić information content (AvgIpc) is 2.17. The Kier molecular flexibility index (Phi) is 2.59. The zero-order chi connectivity index (χ0) is 11.1. The normalized spacial score (nSPS) is 25.4. The second kappa shape index (κ2) is 3.64. The van der Waals surface area contributed by atoms with Crippen LogP contribution < -0.4 is 5.32 Å². The molecule has 2 rings (SSSR count). The van der Waals surface area contributed by atoms with Crippen LogP contribution in [0.5, 0.6) is 0 Å². The summed E-state index contributed by atoms with van der Waals surface area (Å²) in [6.07, 6.45) is 0. The van der Waals surface area contributed by atoms with Crippen molar-refractivity contribution in [3.8, 4) is 0 Å². The van der Waals surface area contributed by atoms with E-state index in [1.54, 1.807) is 5.56 Å². The van der Waals surface area contributed by atoms with E-state index in [0.29, 0.717) is 11.3 Å². The number of benzene rings is 1. The molecule has 0 saturated carbocycles. The molecule has 0 aliphatic carbocycles. The molecule has 1 aliphatic rings. The smallest absolute Gasteiger partial charge is 0.0208 e. The first-order chi connectivity index (χ1) is 7.05. The Morgan fingerprint density at radius 3 is 2.73 bits per heavy atom. The van der Waals surface area contributed by atoms with Crippen LogP contribution in [0.25, 0.3) is 0 Å². The van der Waals surface area contributed by atoms with E-state index in [0.717, 1.165) is 13.1 Å². The molecule has 1 N–H and O–H groups in total. The van der Waals surface area contributed by atoms with Gasteiger partial charge in [-0.05, 0) is 29.5 Å². The van der Waals surface area contributed by atoms with E-state index < -0.39 is 0 Å². The topological polar surface area (TPSA) is 12.0 Å². The summed E-state index contributed by atoms with van der Waals surface area (Å²) in [4.78, 5) is 0. The van der Waals surface area contributed by atoms with E-state index >= 15 is 0 Å². The maximum absolute atomic E-state index is 3.54. The highest BCUT2D eigenvalue weighted by molar-refractivity contribution is 5.42. The summed E-state index contributed by atoms with van der Waals surface area (Å²) < 4.78 is 0. The fourth-order valence-corrected chi connectivity index (χ4v) is 2.73. The molecule has 0 spiro atoms. The fraction of sp³-hybridized carbons (Fsp3) is 0.571. The third-order valence-corrected chi connectivity index (χ3v) is 4.01. The first-order valence-corrected chi connectivity index (χ1v) is 5.85. The van der Waals surface area contributed by atoms with Crippen molar-refractivity contribution in [3.05, 3.63) is 34.9 Å². The lowest BCUT2D eigenvalue weighted by Gasteiger charge is -2.41. The number of aryl methyl sites for hydroxylation is 1. The van der Waals surface area contributed by atoms with Crippen LogP contribution in [0.4, 0.5) is 0 Å². The first-order valence-electron chi connectivity index (χ1n) is 5.85. The van der Waals surface area contributed by atoms with Crippen molar-refractivity contribution in [2.24, 2.45) is 5.92 Å². The Bertz CT molecular complexity index is 368. The van der Waals surface area contributed by atoms with Crippen molar-refractivity contribution in [2.45, 2.75) is 39.7 Å². The highest BCUT2D eigenvalue weighted by atomic mass is 14.9. The lowest BCUT2D eigenvalue weighted by molar-refractivity contribution is 0.298. The summed E-state index contributed by atoms with van der Waals surface area (Å²) in [5.41, 5.74) is 4.81. The average molecular weight is 203 g/mol. The van der Waals surface area contributed by atoms with Crippen molar-refractivity contribution in [1.29, 1.82) is 0 Å². The maximum Gasteiger partial charge on any atom is 0.0208 e. The van der Waals surface area contributed by atoms with Crippen LogP contribution in [0, 0.1) is 12.8 Å². The quantitative estimate of drug-likeness (QED) is 0.740. The third-order valence-electron chi connectivity index (χ3n) is 4.01. The van der Waals surface area contributed by atoms with Crippen LogP contribution in [0.2, 0.25) is 0 Å². The van der Waals surface area contributed by atoms with Crippen LogP contribution in [-0.2, 0) is 12.0 Å². The van der Waals surface area contributed by atoms with Crippen LogP contribution >= 0.6 is 0 Å². The van der Waals surface area contributed by atoms with E-state index in [-0.39, 0.29) is 0 Å². The molecule has 1 atom stereocenters. The van der Waals surface area contributed by atoms with Crippen molar-refractivity contribution < 1.29 is 0 Å². The molecule has 1 aromatic rings. The molecule has 1 nitrogen and oxygen atoms in total. The van der Waals surface area contributed by atoms with Gasteiger partial charge in [-0.25, -0.2) is 0 Å². The van der Waals surface area contributed by atoms with Crippen molar-refractivity contribution in [3.63, 3.8) is 0 Å². The van der Waals surface area contributed by atoms with Gasteiger partial charge in [-0.1, -0.05) is 39.0 Å². The van der Waals surface area contributed by atoms with Crippen molar-refractivity contribution in [1.82, 2.24) is 5.32 Å². The van der Waals surface area contributed by atoms with Crippen molar-refractivity contribution in [2.75, 3.05) is 6.54 Å². The van der Waals surface area contributed by atoms with E-state index in [2.05, 4.69) is 51.2 Å². The highest BCUT2D eigenvalue weighted by Gasteiger charge is 2.35. The number of nitrogens with one attached hydrogen (secondary N) is 1. The summed E-state index contributed by atoms with van der Waals surface area (Å²) in [5, 5.41) is 3.54. The number of hydrogen-bond donors (Lipinski definition) is 1. The van der Waals surface area contributed by atoms with Crippen LogP contribution in [-0.4, -0.2) is 6.54 Å². The Morgan fingerprint density at radius 1 is 1.33 bits per heavy atom. The molecule has 0 fully saturated rings. The van der Waals surface area contributed by atoms with Gasteiger partial charge in [0.15, 0.2) is 0 Å². The molecular formula is C14H21N. The summed E-state index contributed by atoms with van der Waals surface area (Å²) in [6, 6.07) is 6.67. The molecule has 1 unspecified atom stereocenters. The monoisotopic (exact) mass is 203 g/mol. The Morgan fingerprint density at radius 2 is 2.07 bits per heavy atom. The largest absolute Gasteiger partial charge is 0.312 e. The second-order valence-corrected chi connectivity index (χ2v) is 5.28. The van der Waals surface area contributed by atoms with Gasteiger partial charge in [0.25, 0.3) is 0 Å². The van der Waals surface area contributed by atoms with Gasteiger partial charge >= 0.3 is 0 Å². The van der Waals surface area contributed by atoms with Crippen LogP contribution in [0.15, 0.2) is 18.2 Å². The summed E-state index contributed by atoms with van der Waals surface area (Å²) in [5.74, 6) is 0.671. The molecule has 82 valence electrons. The van der Waals surface area contributed by atoms with Crippen LogP contribution in [0.3, 0.4) is 0 Å². The number of fused-ring (bicyclic) bond motifs is 1. The molecule has 0 aromatic heterocycles. The lowest BCUT2D eigenvalue weighted by Crippen LogP contribution is -2.45. The predicted molar refractivity (Wildman–Crippen MR) is 65.1 cm³/mol. The Balaban J connectivity index is 2.59. The molecule has 15 heavy (non-hydrogen) atoms. The van der Waals surface area contributed by atoms with Gasteiger partial charge in [-0.2, -0.15) is 0 Å². The number of rotatable bonds is 1. The van der Waals surface area contributed by atoms with E-state index in [1.807, 2.05) is 0 Å². The lowest BCUT2D eigenvalue weighted by atomic mass is 9.68. The predicted octanol–water partition coefficient (Wildman–Crippen LogP) is 3.01. The Labute approximate surface area is 92.9 Å². The first kappa shape index (κ1) is 10.7. The van der Waals surface area contributed by atoms with Crippen molar-refractivity contribution >= 4 is 0 Å². The minimum absolute atomic E-state index is 0.291. The fourth-order valence-electron chi connectivity index (χ4n) is 2.73. The minimum atomic E-state index is 0.291. The molecule has 0 radical (unpaired) electrons. The summed E-state index contributed by atoms with van der Waals surface area (Å²) in [7, 11) is 0. The van der Waals surface area contributed by atoms with Gasteiger partial charge in [0.1, 0.15) is 0 Å². The van der Waals surface area contributed by atoms with Gasteiger partial charge in [-0.3, -0.25) is 0 Å². The standard InChI is InChI=1S/C14H21N/c1-10(2)14(4)9-15-8-12-7-5-6-11(3)13(12)14/h5-7,10,15H,8-9H2,1-4H3. The summed E-state index contributed by atoms with van der Waals surface area (Å²) >= 11 is 0. The SMILES string of the molecule is Cc1cccc2c1C(C)(C(C)C)CNC2. The van der Waals surface area contributed by atoms with Crippen LogP contribution in [0.1, 0.15) is 37.5 Å². The van der Waals surface area contributed by atoms with Gasteiger partial charge in [0, 0.05) is 18.5 Å². The van der Waals surface area contributed by atoms with E-state index in [4.69, 9.17) is 0 Å². The van der Waals surface area contributed by atoms with E-state index in [9.17, 15) is 0 Å². The molecule has 1 heteroatoms. The van der Waals surface area contributed by atoms with Gasteiger partial charge in [0.05, 0.1) is 0 Å². The molecule has 0 saturated heterocycles. The second-order valence-electron chi connectivity index (χ2n) is 5.28. The Hall–Kier alpha value is -0.820. The molecular weight excluding hydrogens is 182 g/mol. The molecule has 0 amide bonds. The molecule has 1 aliphatic heterocycles. The molecule has 1 heterocycles. The minimum Gasteiger partial charge on any atom is -0.312 e. The molecule has 0 bridgehead atoms. The van der Waals surface area contributed by atoms with Gasteiger partial charge in [-0.15, -0.1) is 0 Å². The third kappa shape index (κ3) is 1.59. The number of hydrogen-bond acceptors (Lipinski definition) is 1. The van der Waals surface area contributed by atoms with Gasteiger partial charge < -0.3 is 5.32 Å². The summed E-state index contributed by atoms with van der Waals surface area (Å²) in [6.45, 7) is 11.4. The molecule has 1 aromatic carbocycles. The highest BCUT2D eigenvalue weighted by Crippen LogP contribution is 2.38.